The highest BCUT2D eigenvalue weighted by Gasteiger charge is 2.21. The number of aromatic nitrogens is 2. The lowest BCUT2D eigenvalue weighted by molar-refractivity contribution is -0.594. The Morgan fingerprint density at radius 3 is 2.64 bits per heavy atom. The van der Waals surface area contributed by atoms with E-state index in [-0.39, 0.29) is 18.4 Å². The lowest BCUT2D eigenvalue weighted by Crippen LogP contribution is -3.00. The van der Waals surface area contributed by atoms with Gasteiger partial charge >= 0.3 is 5.97 Å². The first-order chi connectivity index (χ1) is 11.7. The lowest BCUT2D eigenvalue weighted by atomic mass is 10.1. The zero-order valence-electron chi connectivity index (χ0n) is 13.3. The zero-order valence-corrected chi connectivity index (χ0v) is 15.6. The number of methoxy groups -OCH3 is 1. The predicted octanol–water partition coefficient (Wildman–Crippen LogP) is 1.15. The summed E-state index contributed by atoms with van der Waals surface area (Å²) < 4.78 is 7.72. The summed E-state index contributed by atoms with van der Waals surface area (Å²) in [4.78, 5) is 15.5. The Morgan fingerprint density at radius 1 is 1.08 bits per heavy atom. The number of aromatic amines is 1. The first kappa shape index (κ1) is 17.5. The summed E-state index contributed by atoms with van der Waals surface area (Å²) in [5, 5.41) is 2.33. The maximum absolute atomic E-state index is 12.1. The normalized spacial score (nSPS) is 10.6. The van der Waals surface area contributed by atoms with Gasteiger partial charge in [-0.3, -0.25) is 0 Å². The van der Waals surface area contributed by atoms with Crippen molar-refractivity contribution in [2.45, 2.75) is 0 Å². The molecule has 0 spiro atoms. The van der Waals surface area contributed by atoms with Crippen LogP contribution >= 0.6 is 15.9 Å². The maximum Gasteiger partial charge on any atom is 0.344 e. The number of H-pyrrole nitrogens is 1. The fourth-order valence-electron chi connectivity index (χ4n) is 2.95. The van der Waals surface area contributed by atoms with E-state index in [0.717, 1.165) is 26.6 Å². The van der Waals surface area contributed by atoms with Gasteiger partial charge in [-0.1, -0.05) is 34.1 Å². The first-order valence-electron chi connectivity index (χ1n) is 7.47. The minimum Gasteiger partial charge on any atom is -1.00 e. The molecule has 4 rings (SSSR count). The van der Waals surface area contributed by atoms with E-state index in [1.54, 1.807) is 6.07 Å². The Morgan fingerprint density at radius 2 is 1.84 bits per heavy atom. The van der Waals surface area contributed by atoms with Crippen LogP contribution in [0.2, 0.25) is 0 Å². The van der Waals surface area contributed by atoms with E-state index in [4.69, 9.17) is 4.74 Å². The molecule has 126 valence electrons. The van der Waals surface area contributed by atoms with Crippen LogP contribution in [0.15, 0.2) is 65.4 Å². The molecule has 0 radical (unpaired) electrons. The molecule has 2 aromatic heterocycles. The van der Waals surface area contributed by atoms with E-state index in [1.165, 1.54) is 12.5 Å². The number of ether oxygens (including phenoxy) is 1. The molecule has 0 fully saturated rings. The Kier molecular flexibility index (Phi) is 4.79. The van der Waals surface area contributed by atoms with Gasteiger partial charge in [0.25, 0.3) is 0 Å². The smallest absolute Gasteiger partial charge is 0.344 e. The highest BCUT2D eigenvalue weighted by atomic mass is 79.9. The number of rotatable bonds is 2. The minimum absolute atomic E-state index is 0. The van der Waals surface area contributed by atoms with Crippen LogP contribution in [0.25, 0.3) is 27.5 Å². The van der Waals surface area contributed by atoms with Gasteiger partial charge in [0.2, 0.25) is 5.69 Å². The number of hydrogen-bond acceptors (Lipinski definition) is 2. The Balaban J connectivity index is 0.00000182. The molecule has 4 nitrogen and oxygen atoms in total. The number of para-hydroxylation sites is 1. The van der Waals surface area contributed by atoms with Crippen molar-refractivity contribution in [3.63, 3.8) is 0 Å². The third-order valence-corrected chi connectivity index (χ3v) is 4.58. The molecule has 6 heteroatoms. The van der Waals surface area contributed by atoms with E-state index in [9.17, 15) is 4.79 Å². The second-order valence-corrected chi connectivity index (χ2v) is 6.42. The molecule has 0 amide bonds. The summed E-state index contributed by atoms with van der Waals surface area (Å²) in [6.07, 6.45) is 3.94. The maximum atomic E-state index is 12.1. The molecule has 1 N–H and O–H groups in total. The number of fused-ring (bicyclic) bond motifs is 3. The second kappa shape index (κ2) is 6.86. The van der Waals surface area contributed by atoms with E-state index in [0.29, 0.717) is 5.56 Å². The van der Waals surface area contributed by atoms with E-state index in [2.05, 4.69) is 39.1 Å². The molecule has 25 heavy (non-hydrogen) atoms. The third kappa shape index (κ3) is 3.01. The number of benzene rings is 2. The standard InChI is InChI=1S/C19H13BrN2O2.ClH/c1-24-19(23)15-7-6-12(20)10-18(15)22-9-8-14-13-4-2-3-5-16(13)21-17(14)11-22;/h2-11H,1H3;1H. The summed E-state index contributed by atoms with van der Waals surface area (Å²) in [7, 11) is 1.39. The van der Waals surface area contributed by atoms with Gasteiger partial charge in [0.1, 0.15) is 11.1 Å². The number of carbonyl (C=O) groups is 1. The quantitative estimate of drug-likeness (QED) is 0.393. The van der Waals surface area contributed by atoms with Crippen molar-refractivity contribution in [2.75, 3.05) is 7.11 Å². The lowest BCUT2D eigenvalue weighted by Gasteiger charge is -2.04. The molecule has 0 aliphatic carbocycles. The van der Waals surface area contributed by atoms with Crippen molar-refractivity contribution in [3.05, 3.63) is 71.0 Å². The molecule has 2 aromatic carbocycles. The highest BCUT2D eigenvalue weighted by Crippen LogP contribution is 2.24. The summed E-state index contributed by atoms with van der Waals surface area (Å²) >= 11 is 3.47. The number of halogens is 2. The second-order valence-electron chi connectivity index (χ2n) is 5.50. The van der Waals surface area contributed by atoms with Crippen LogP contribution in [0, 0.1) is 0 Å². The monoisotopic (exact) mass is 416 g/mol. The van der Waals surface area contributed by atoms with Gasteiger partial charge in [-0.25, -0.2) is 4.79 Å². The van der Waals surface area contributed by atoms with Crippen molar-refractivity contribution in [2.24, 2.45) is 0 Å². The van der Waals surface area contributed by atoms with Gasteiger partial charge in [-0.05, 0) is 18.2 Å². The molecule has 0 saturated heterocycles. The SMILES string of the molecule is COC(=O)c1ccc(Br)cc1-[n+]1ccc2c(c1)[nH]c1ccccc12.[Cl-]. The molecule has 0 saturated carbocycles. The molecule has 2 heterocycles. The molecule has 0 atom stereocenters. The van der Waals surface area contributed by atoms with Crippen LogP contribution in [0.1, 0.15) is 10.4 Å². The van der Waals surface area contributed by atoms with Gasteiger partial charge in [-0.15, -0.1) is 0 Å². The molecular formula is C19H14BrClN2O2. The molecule has 4 aromatic rings. The van der Waals surface area contributed by atoms with Gasteiger partial charge < -0.3 is 22.1 Å². The van der Waals surface area contributed by atoms with E-state index >= 15 is 0 Å². The molecule has 0 aliphatic heterocycles. The summed E-state index contributed by atoms with van der Waals surface area (Å²) in [5.74, 6) is -0.359. The molecule has 0 bridgehead atoms. The van der Waals surface area contributed by atoms with Crippen LogP contribution in [-0.4, -0.2) is 18.1 Å². The fourth-order valence-corrected chi connectivity index (χ4v) is 3.30. The largest absolute Gasteiger partial charge is 1.00 e. The van der Waals surface area contributed by atoms with Crippen LogP contribution in [-0.2, 0) is 4.74 Å². The summed E-state index contributed by atoms with van der Waals surface area (Å²) in [5.41, 5.74) is 3.38. The van der Waals surface area contributed by atoms with Crippen LogP contribution in [0.3, 0.4) is 0 Å². The summed E-state index contributed by atoms with van der Waals surface area (Å²) in [6.45, 7) is 0. The van der Waals surface area contributed by atoms with Gasteiger partial charge in [0, 0.05) is 32.9 Å². The number of pyridine rings is 1. The van der Waals surface area contributed by atoms with Gasteiger partial charge in [0.15, 0.2) is 12.4 Å². The van der Waals surface area contributed by atoms with Crippen LogP contribution in [0.4, 0.5) is 0 Å². The topological polar surface area (TPSA) is 46.0 Å². The minimum atomic E-state index is -0.359. The van der Waals surface area contributed by atoms with Crippen molar-refractivity contribution in [1.29, 1.82) is 0 Å². The third-order valence-electron chi connectivity index (χ3n) is 4.09. The van der Waals surface area contributed by atoms with Crippen LogP contribution < -0.4 is 17.0 Å². The van der Waals surface area contributed by atoms with Crippen molar-refractivity contribution < 1.29 is 26.5 Å². The van der Waals surface area contributed by atoms with E-state index < -0.39 is 0 Å². The number of carbonyl (C=O) groups excluding carboxylic acids is 1. The Hall–Kier alpha value is -2.37. The average molecular weight is 418 g/mol. The Labute approximate surface area is 159 Å². The number of nitrogens with zero attached hydrogens (tertiary/aromatic N) is 1. The van der Waals surface area contributed by atoms with Gasteiger partial charge in [0.05, 0.1) is 7.11 Å². The molecule has 0 unspecified atom stereocenters. The summed E-state index contributed by atoms with van der Waals surface area (Å²) in [6, 6.07) is 15.7. The number of hydrogen-bond donors (Lipinski definition) is 1. The van der Waals surface area contributed by atoms with Crippen molar-refractivity contribution >= 4 is 43.7 Å². The first-order valence-corrected chi connectivity index (χ1v) is 8.26. The average Bonchev–Trinajstić information content (AvgIpc) is 2.98. The number of nitrogens with one attached hydrogen (secondary N) is 1. The molecule has 0 aliphatic rings. The van der Waals surface area contributed by atoms with E-state index in [1.807, 2.05) is 41.2 Å². The van der Waals surface area contributed by atoms with Crippen molar-refractivity contribution in [1.82, 2.24) is 4.98 Å². The van der Waals surface area contributed by atoms with Crippen molar-refractivity contribution in [3.8, 4) is 5.69 Å². The predicted molar refractivity (Wildman–Crippen MR) is 96.4 cm³/mol. The van der Waals surface area contributed by atoms with Gasteiger partial charge in [-0.2, -0.15) is 4.57 Å². The molecular weight excluding hydrogens is 404 g/mol. The highest BCUT2D eigenvalue weighted by molar-refractivity contribution is 9.10. The zero-order chi connectivity index (χ0) is 16.7. The fraction of sp³-hybridized carbons (Fsp3) is 0.0526. The Bertz CT molecular complexity index is 1090. The number of esters is 1. The van der Waals surface area contributed by atoms with Crippen LogP contribution in [0.5, 0.6) is 0 Å².